The van der Waals surface area contributed by atoms with E-state index in [1.807, 2.05) is 24.3 Å². The first kappa shape index (κ1) is 20.1. The zero-order valence-corrected chi connectivity index (χ0v) is 16.3. The third kappa shape index (κ3) is 5.68. The van der Waals surface area contributed by atoms with Gasteiger partial charge in [0.05, 0.1) is 4.90 Å². The minimum Gasteiger partial charge on any atom is -0.326 e. The molecule has 2 N–H and O–H groups in total. The fourth-order valence-electron chi connectivity index (χ4n) is 2.54. The molecule has 0 saturated carbocycles. The van der Waals surface area contributed by atoms with Gasteiger partial charge in [0.1, 0.15) is 0 Å². The van der Waals surface area contributed by atoms with Crippen molar-refractivity contribution in [3.05, 3.63) is 59.7 Å². The van der Waals surface area contributed by atoms with Crippen molar-refractivity contribution in [2.75, 3.05) is 11.9 Å². The number of hydrogen-bond donors (Lipinski definition) is 2. The molecule has 0 aliphatic carbocycles. The smallest absolute Gasteiger partial charge is 0.240 e. The molecule has 0 heterocycles. The Bertz CT molecular complexity index is 826. The fourth-order valence-corrected chi connectivity index (χ4v) is 3.58. The van der Waals surface area contributed by atoms with Crippen molar-refractivity contribution in [1.29, 1.82) is 0 Å². The number of anilines is 1. The van der Waals surface area contributed by atoms with E-state index in [9.17, 15) is 13.2 Å². The van der Waals surface area contributed by atoms with Gasteiger partial charge in [0, 0.05) is 18.7 Å². The quantitative estimate of drug-likeness (QED) is 0.740. The van der Waals surface area contributed by atoms with Crippen LogP contribution in [0.4, 0.5) is 5.69 Å². The average Bonchev–Trinajstić information content (AvgIpc) is 2.61. The molecule has 2 rings (SSSR count). The highest BCUT2D eigenvalue weighted by molar-refractivity contribution is 7.89. The van der Waals surface area contributed by atoms with Crippen LogP contribution < -0.4 is 10.0 Å². The van der Waals surface area contributed by atoms with Crippen molar-refractivity contribution in [2.45, 2.75) is 44.4 Å². The van der Waals surface area contributed by atoms with Crippen LogP contribution >= 0.6 is 0 Å². The molecule has 0 saturated heterocycles. The first-order chi connectivity index (χ1) is 12.3. The Hall–Kier alpha value is -2.18. The van der Waals surface area contributed by atoms with Crippen molar-refractivity contribution in [1.82, 2.24) is 4.72 Å². The van der Waals surface area contributed by atoms with E-state index >= 15 is 0 Å². The maximum atomic E-state index is 12.1. The van der Waals surface area contributed by atoms with Crippen LogP contribution in [0.2, 0.25) is 0 Å². The highest BCUT2D eigenvalue weighted by atomic mass is 32.2. The predicted octanol–water partition coefficient (Wildman–Crippen LogP) is 3.68. The summed E-state index contributed by atoms with van der Waals surface area (Å²) in [6.45, 7) is 6.34. The number of nitrogens with one attached hydrogen (secondary N) is 2. The molecule has 0 aliphatic rings. The molecule has 1 amide bonds. The number of carbonyl (C=O) groups is 1. The lowest BCUT2D eigenvalue weighted by atomic mass is 10.0. The summed E-state index contributed by atoms with van der Waals surface area (Å²) in [4.78, 5) is 12.3. The predicted molar refractivity (Wildman–Crippen MR) is 105 cm³/mol. The van der Waals surface area contributed by atoms with Gasteiger partial charge in [0.2, 0.25) is 15.9 Å². The molecule has 0 spiro atoms. The summed E-state index contributed by atoms with van der Waals surface area (Å²) in [6.07, 6.45) is 0.892. The van der Waals surface area contributed by atoms with Crippen LogP contribution in [0.1, 0.15) is 44.2 Å². The fraction of sp³-hybridized carbons (Fsp3) is 0.350. The van der Waals surface area contributed by atoms with Crippen molar-refractivity contribution in [2.24, 2.45) is 0 Å². The van der Waals surface area contributed by atoms with E-state index in [1.54, 1.807) is 31.2 Å². The number of sulfonamides is 1. The number of benzene rings is 2. The topological polar surface area (TPSA) is 75.3 Å². The lowest BCUT2D eigenvalue weighted by Gasteiger charge is -2.09. The normalized spacial score (nSPS) is 11.5. The van der Waals surface area contributed by atoms with E-state index in [0.29, 0.717) is 25.3 Å². The maximum Gasteiger partial charge on any atom is 0.240 e. The van der Waals surface area contributed by atoms with Crippen LogP contribution in [0.3, 0.4) is 0 Å². The minimum absolute atomic E-state index is 0.0633. The molecule has 6 heteroatoms. The molecule has 0 radical (unpaired) electrons. The second kappa shape index (κ2) is 8.96. The average molecular weight is 375 g/mol. The van der Waals surface area contributed by atoms with Gasteiger partial charge in [-0.3, -0.25) is 4.79 Å². The minimum atomic E-state index is -3.44. The number of amides is 1. The van der Waals surface area contributed by atoms with Crippen LogP contribution in [0.5, 0.6) is 0 Å². The Morgan fingerprint density at radius 1 is 1.00 bits per heavy atom. The van der Waals surface area contributed by atoms with Crippen LogP contribution in [0.15, 0.2) is 53.4 Å². The van der Waals surface area contributed by atoms with Gasteiger partial charge in [-0.25, -0.2) is 13.1 Å². The molecule has 0 aromatic heterocycles. The van der Waals surface area contributed by atoms with E-state index in [-0.39, 0.29) is 10.8 Å². The highest BCUT2D eigenvalue weighted by Gasteiger charge is 2.12. The lowest BCUT2D eigenvalue weighted by Crippen LogP contribution is -2.23. The number of aryl methyl sites for hydroxylation is 1. The van der Waals surface area contributed by atoms with E-state index < -0.39 is 10.0 Å². The van der Waals surface area contributed by atoms with Crippen LogP contribution in [0.25, 0.3) is 0 Å². The molecule has 0 aliphatic heterocycles. The monoisotopic (exact) mass is 374 g/mol. The van der Waals surface area contributed by atoms with Crippen molar-refractivity contribution in [3.8, 4) is 0 Å². The Morgan fingerprint density at radius 3 is 2.15 bits per heavy atom. The number of hydrogen-bond acceptors (Lipinski definition) is 3. The molecule has 5 nitrogen and oxygen atoms in total. The number of rotatable bonds is 8. The maximum absolute atomic E-state index is 12.1. The van der Waals surface area contributed by atoms with Crippen LogP contribution in [-0.2, 0) is 21.2 Å². The Morgan fingerprint density at radius 2 is 1.62 bits per heavy atom. The summed E-state index contributed by atoms with van der Waals surface area (Å²) < 4.78 is 26.3. The Labute approximate surface area is 155 Å². The molecular formula is C20H26N2O3S. The first-order valence-corrected chi connectivity index (χ1v) is 10.3. The van der Waals surface area contributed by atoms with Gasteiger partial charge in [-0.05, 0) is 47.7 Å². The molecule has 0 atom stereocenters. The summed E-state index contributed by atoms with van der Waals surface area (Å²) in [6, 6.07) is 14.5. The molecule has 0 bridgehead atoms. The van der Waals surface area contributed by atoms with Crippen molar-refractivity contribution in [3.63, 3.8) is 0 Å². The Kier molecular flexibility index (Phi) is 6.94. The van der Waals surface area contributed by atoms with Gasteiger partial charge >= 0.3 is 0 Å². The second-order valence-corrected chi connectivity index (χ2v) is 8.24. The molecule has 0 fully saturated rings. The molecule has 26 heavy (non-hydrogen) atoms. The summed E-state index contributed by atoms with van der Waals surface area (Å²) in [7, 11) is -3.44. The van der Waals surface area contributed by atoms with Crippen LogP contribution in [0, 0.1) is 0 Å². The first-order valence-electron chi connectivity index (χ1n) is 8.80. The standard InChI is InChI=1S/C20H26N2O3S/c1-4-21-26(24,25)19-12-5-16(6-13-19)7-14-20(23)22-18-10-8-17(9-11-18)15(2)3/h5-6,8-13,15,21H,4,7,14H2,1-3H3,(H,22,23). The SMILES string of the molecule is CCNS(=O)(=O)c1ccc(CCC(=O)Nc2ccc(C(C)C)cc2)cc1. The summed E-state index contributed by atoms with van der Waals surface area (Å²) in [5, 5.41) is 2.89. The van der Waals surface area contributed by atoms with Crippen molar-refractivity contribution >= 4 is 21.6 Å². The van der Waals surface area contributed by atoms with Gasteiger partial charge in [-0.1, -0.05) is 45.0 Å². The van der Waals surface area contributed by atoms with E-state index in [1.165, 1.54) is 5.56 Å². The third-order valence-corrected chi connectivity index (χ3v) is 5.63. The largest absolute Gasteiger partial charge is 0.326 e. The molecule has 2 aromatic rings. The molecule has 140 valence electrons. The molecule has 2 aromatic carbocycles. The van der Waals surface area contributed by atoms with Crippen LogP contribution in [-0.4, -0.2) is 20.9 Å². The molecular weight excluding hydrogens is 348 g/mol. The lowest BCUT2D eigenvalue weighted by molar-refractivity contribution is -0.116. The van der Waals surface area contributed by atoms with Crippen molar-refractivity contribution < 1.29 is 13.2 Å². The van der Waals surface area contributed by atoms with Gasteiger partial charge in [0.15, 0.2) is 0 Å². The van der Waals surface area contributed by atoms with Gasteiger partial charge in [-0.2, -0.15) is 0 Å². The highest BCUT2D eigenvalue weighted by Crippen LogP contribution is 2.17. The van der Waals surface area contributed by atoms with E-state index in [0.717, 1.165) is 11.3 Å². The van der Waals surface area contributed by atoms with Gasteiger partial charge in [-0.15, -0.1) is 0 Å². The summed E-state index contributed by atoms with van der Waals surface area (Å²) >= 11 is 0. The Balaban J connectivity index is 1.89. The second-order valence-electron chi connectivity index (χ2n) is 6.47. The summed E-state index contributed by atoms with van der Waals surface area (Å²) in [5.41, 5.74) is 2.94. The van der Waals surface area contributed by atoms with E-state index in [2.05, 4.69) is 23.9 Å². The van der Waals surface area contributed by atoms with Gasteiger partial charge in [0.25, 0.3) is 0 Å². The van der Waals surface area contributed by atoms with E-state index in [4.69, 9.17) is 0 Å². The van der Waals surface area contributed by atoms with Gasteiger partial charge < -0.3 is 5.32 Å². The number of carbonyl (C=O) groups excluding carboxylic acids is 1. The zero-order chi connectivity index (χ0) is 19.2. The summed E-state index contributed by atoms with van der Waals surface area (Å²) in [5.74, 6) is 0.394. The zero-order valence-electron chi connectivity index (χ0n) is 15.5. The molecule has 0 unspecified atom stereocenters. The third-order valence-electron chi connectivity index (χ3n) is 4.07.